The van der Waals surface area contributed by atoms with Gasteiger partial charge in [0.05, 0.1) is 5.41 Å². The lowest BCUT2D eigenvalue weighted by atomic mass is 9.67. The van der Waals surface area contributed by atoms with E-state index in [1.165, 1.54) is 51.4 Å². The Hall–Kier alpha value is -0.570. The molecule has 3 fully saturated rings. The summed E-state index contributed by atoms with van der Waals surface area (Å²) in [6, 6.07) is 0. The lowest BCUT2D eigenvalue weighted by Crippen LogP contribution is -2.48. The van der Waals surface area contributed by atoms with Crippen LogP contribution in [0.1, 0.15) is 57.8 Å². The number of amides is 1. The van der Waals surface area contributed by atoms with Crippen molar-refractivity contribution in [2.45, 2.75) is 57.8 Å². The van der Waals surface area contributed by atoms with Gasteiger partial charge in [0.15, 0.2) is 0 Å². The summed E-state index contributed by atoms with van der Waals surface area (Å²) in [5.74, 6) is 1.81. The van der Waals surface area contributed by atoms with E-state index in [1.807, 2.05) is 0 Å². The first-order chi connectivity index (χ1) is 9.31. The molecule has 1 amide bonds. The topological polar surface area (TPSA) is 41.1 Å². The van der Waals surface area contributed by atoms with Gasteiger partial charge in [0, 0.05) is 13.1 Å². The smallest absolute Gasteiger partial charge is 0.227 e. The van der Waals surface area contributed by atoms with E-state index in [4.69, 9.17) is 0 Å². The van der Waals surface area contributed by atoms with Gasteiger partial charge in [-0.25, -0.2) is 0 Å². The first-order valence-electron chi connectivity index (χ1n) is 8.30. The summed E-state index contributed by atoms with van der Waals surface area (Å²) in [5, 5.41) is 6.72. The molecular weight excluding hydrogens is 236 g/mol. The fourth-order valence-electron chi connectivity index (χ4n) is 4.56. The van der Waals surface area contributed by atoms with E-state index in [2.05, 4.69) is 10.6 Å². The third-order valence-electron chi connectivity index (χ3n) is 5.80. The summed E-state index contributed by atoms with van der Waals surface area (Å²) in [6.45, 7) is 2.86. The van der Waals surface area contributed by atoms with Crippen molar-refractivity contribution in [2.75, 3.05) is 19.6 Å². The second-order valence-electron chi connectivity index (χ2n) is 6.92. The van der Waals surface area contributed by atoms with Crippen molar-refractivity contribution in [3.63, 3.8) is 0 Å². The molecule has 0 bridgehead atoms. The molecule has 3 nitrogen and oxygen atoms in total. The molecule has 0 aromatic heterocycles. The zero-order valence-electron chi connectivity index (χ0n) is 12.0. The van der Waals surface area contributed by atoms with Gasteiger partial charge in [0.2, 0.25) is 5.91 Å². The maximum absolute atomic E-state index is 12.6. The fraction of sp³-hybridized carbons (Fsp3) is 0.938. The summed E-state index contributed by atoms with van der Waals surface area (Å²) < 4.78 is 0. The number of carbonyl (C=O) groups is 1. The molecule has 0 aromatic carbocycles. The molecular formula is C16H28N2O. The van der Waals surface area contributed by atoms with Gasteiger partial charge in [0.25, 0.3) is 0 Å². The van der Waals surface area contributed by atoms with Crippen LogP contribution in [-0.4, -0.2) is 25.5 Å². The highest BCUT2D eigenvalue weighted by Crippen LogP contribution is 2.43. The number of hydrogen-bond donors (Lipinski definition) is 2. The normalized spacial score (nSPS) is 35.3. The van der Waals surface area contributed by atoms with Gasteiger partial charge in [0.1, 0.15) is 0 Å². The molecule has 1 saturated heterocycles. The van der Waals surface area contributed by atoms with Crippen LogP contribution < -0.4 is 10.6 Å². The summed E-state index contributed by atoms with van der Waals surface area (Å²) in [4.78, 5) is 12.6. The predicted octanol–water partition coefficient (Wildman–Crippen LogP) is 2.46. The summed E-state index contributed by atoms with van der Waals surface area (Å²) in [7, 11) is 0. The monoisotopic (exact) mass is 264 g/mol. The van der Waals surface area contributed by atoms with Gasteiger partial charge in [-0.2, -0.15) is 0 Å². The molecule has 3 rings (SSSR count). The van der Waals surface area contributed by atoms with Gasteiger partial charge in [-0.05, 0) is 37.6 Å². The molecule has 2 saturated carbocycles. The van der Waals surface area contributed by atoms with Crippen molar-refractivity contribution < 1.29 is 4.79 Å². The van der Waals surface area contributed by atoms with Crippen LogP contribution in [0.3, 0.4) is 0 Å². The third-order valence-corrected chi connectivity index (χ3v) is 5.80. The molecule has 0 spiro atoms. The quantitative estimate of drug-likeness (QED) is 0.819. The van der Waals surface area contributed by atoms with Gasteiger partial charge in [-0.3, -0.25) is 4.79 Å². The SMILES string of the molecule is O=C(NCCC1CCCC1)[C@@]12CCCC[C@H]1CNC2. The van der Waals surface area contributed by atoms with Crippen LogP contribution in [0.2, 0.25) is 0 Å². The molecule has 1 aliphatic heterocycles. The van der Waals surface area contributed by atoms with Crippen LogP contribution in [0.5, 0.6) is 0 Å². The molecule has 2 atom stereocenters. The number of hydrogen-bond acceptors (Lipinski definition) is 2. The van der Waals surface area contributed by atoms with Crippen LogP contribution in [0.15, 0.2) is 0 Å². The van der Waals surface area contributed by atoms with E-state index in [-0.39, 0.29) is 5.41 Å². The molecule has 3 aliphatic rings. The number of fused-ring (bicyclic) bond motifs is 1. The third kappa shape index (κ3) is 2.67. The van der Waals surface area contributed by atoms with Crippen molar-refractivity contribution in [1.29, 1.82) is 0 Å². The van der Waals surface area contributed by atoms with E-state index in [0.717, 1.165) is 32.0 Å². The van der Waals surface area contributed by atoms with E-state index in [9.17, 15) is 4.79 Å². The van der Waals surface area contributed by atoms with Gasteiger partial charge >= 0.3 is 0 Å². The predicted molar refractivity (Wildman–Crippen MR) is 76.8 cm³/mol. The van der Waals surface area contributed by atoms with Crippen molar-refractivity contribution >= 4 is 5.91 Å². The standard InChI is InChI=1S/C16H28N2O/c19-15(18-10-8-13-5-1-2-6-13)16-9-4-3-7-14(16)11-17-12-16/h13-14,17H,1-12H2,(H,18,19)/t14-,16+/m0/s1. The molecule has 2 aliphatic carbocycles. The Morgan fingerprint density at radius 2 is 1.95 bits per heavy atom. The molecule has 1 heterocycles. The largest absolute Gasteiger partial charge is 0.356 e. The average molecular weight is 264 g/mol. The minimum absolute atomic E-state index is 0.0616. The molecule has 108 valence electrons. The zero-order valence-corrected chi connectivity index (χ0v) is 12.0. The lowest BCUT2D eigenvalue weighted by molar-refractivity contribution is -0.134. The second kappa shape index (κ2) is 5.82. The van der Waals surface area contributed by atoms with Crippen molar-refractivity contribution in [2.24, 2.45) is 17.3 Å². The molecule has 2 N–H and O–H groups in total. The van der Waals surface area contributed by atoms with Crippen LogP contribution in [-0.2, 0) is 4.79 Å². The summed E-state index contributed by atoms with van der Waals surface area (Å²) in [5.41, 5.74) is -0.0616. The van der Waals surface area contributed by atoms with E-state index >= 15 is 0 Å². The number of carbonyl (C=O) groups excluding carboxylic acids is 1. The van der Waals surface area contributed by atoms with Crippen LogP contribution in [0, 0.1) is 17.3 Å². The van der Waals surface area contributed by atoms with Crippen LogP contribution >= 0.6 is 0 Å². The van der Waals surface area contributed by atoms with Crippen molar-refractivity contribution in [3.8, 4) is 0 Å². The van der Waals surface area contributed by atoms with Crippen LogP contribution in [0.25, 0.3) is 0 Å². The van der Waals surface area contributed by atoms with Gasteiger partial charge < -0.3 is 10.6 Å². The summed E-state index contributed by atoms with van der Waals surface area (Å²) >= 11 is 0. The first kappa shape index (κ1) is 13.4. The molecule has 0 unspecified atom stereocenters. The molecule has 3 heteroatoms. The van der Waals surface area contributed by atoms with E-state index < -0.39 is 0 Å². The number of nitrogens with one attached hydrogen (secondary N) is 2. The average Bonchev–Trinajstić information content (AvgIpc) is 3.08. The number of rotatable bonds is 4. The molecule has 19 heavy (non-hydrogen) atoms. The maximum atomic E-state index is 12.6. The van der Waals surface area contributed by atoms with Crippen LogP contribution in [0.4, 0.5) is 0 Å². The van der Waals surface area contributed by atoms with Crippen molar-refractivity contribution in [1.82, 2.24) is 10.6 Å². The zero-order chi connectivity index (χ0) is 13.1. The molecule has 0 aromatic rings. The van der Waals surface area contributed by atoms with E-state index in [0.29, 0.717) is 11.8 Å². The Kier molecular flexibility index (Phi) is 4.11. The second-order valence-corrected chi connectivity index (χ2v) is 6.92. The van der Waals surface area contributed by atoms with Gasteiger partial charge in [-0.15, -0.1) is 0 Å². The Morgan fingerprint density at radius 3 is 2.79 bits per heavy atom. The first-order valence-corrected chi connectivity index (χ1v) is 8.30. The summed E-state index contributed by atoms with van der Waals surface area (Å²) in [6.07, 6.45) is 11.6. The maximum Gasteiger partial charge on any atom is 0.227 e. The lowest BCUT2D eigenvalue weighted by Gasteiger charge is -2.37. The highest BCUT2D eigenvalue weighted by molar-refractivity contribution is 5.83. The van der Waals surface area contributed by atoms with E-state index in [1.54, 1.807) is 0 Å². The Labute approximate surface area is 116 Å². The Morgan fingerprint density at radius 1 is 1.16 bits per heavy atom. The minimum Gasteiger partial charge on any atom is -0.356 e. The minimum atomic E-state index is -0.0616. The Bertz CT molecular complexity index is 325. The highest BCUT2D eigenvalue weighted by atomic mass is 16.2. The highest BCUT2D eigenvalue weighted by Gasteiger charge is 2.49. The van der Waals surface area contributed by atoms with Gasteiger partial charge in [-0.1, -0.05) is 38.5 Å². The fourth-order valence-corrected chi connectivity index (χ4v) is 4.56. The molecule has 0 radical (unpaired) electrons. The van der Waals surface area contributed by atoms with Crippen molar-refractivity contribution in [3.05, 3.63) is 0 Å². The Balaban J connectivity index is 1.50.